The largest absolute Gasteiger partial charge is 0.284 e. The zero-order chi connectivity index (χ0) is 20.5. The van der Waals surface area contributed by atoms with Crippen LogP contribution in [0.5, 0.6) is 0 Å². The molecule has 1 heterocycles. The first-order valence-electron chi connectivity index (χ1n) is 7.60. The molecule has 1 atom stereocenters. The van der Waals surface area contributed by atoms with Crippen molar-refractivity contribution in [1.82, 2.24) is 14.8 Å². The molecule has 0 saturated carbocycles. The van der Waals surface area contributed by atoms with E-state index in [-0.39, 0.29) is 16.5 Å². The van der Waals surface area contributed by atoms with Crippen molar-refractivity contribution in [1.29, 1.82) is 0 Å². The Kier molecular flexibility index (Phi) is 7.02. The molecule has 148 valence electrons. The van der Waals surface area contributed by atoms with Gasteiger partial charge in [0.05, 0.1) is 13.2 Å². The summed E-state index contributed by atoms with van der Waals surface area (Å²) in [5.41, 5.74) is -1.34. The van der Waals surface area contributed by atoms with Gasteiger partial charge in [0.25, 0.3) is 12.3 Å². The normalized spacial score (nSPS) is 12.5. The number of hydrogen-bond donors (Lipinski definition) is 0. The van der Waals surface area contributed by atoms with Crippen LogP contribution >= 0.6 is 34.8 Å². The standard InChI is InChI=1S/C16H15Cl3F3N3O2/c1-7(4-9-10(18)5-8(17)6-11(9)19)25(27-3)16(26)12-13(14(20)21)23-24(2)15(12)22/h5-7,14H,4H2,1-3H3/t7-/m0/s1. The molecule has 1 aromatic heterocycles. The van der Waals surface area contributed by atoms with Crippen molar-refractivity contribution in [3.05, 3.63) is 50.0 Å². The molecule has 0 fully saturated rings. The number of carbonyl (C=O) groups excluding carboxylic acids is 1. The van der Waals surface area contributed by atoms with E-state index in [1.54, 1.807) is 6.92 Å². The van der Waals surface area contributed by atoms with Crippen LogP contribution in [0.2, 0.25) is 15.1 Å². The number of halogens is 6. The third kappa shape index (κ3) is 4.51. The summed E-state index contributed by atoms with van der Waals surface area (Å²) < 4.78 is 41.0. The van der Waals surface area contributed by atoms with Crippen molar-refractivity contribution >= 4 is 40.7 Å². The van der Waals surface area contributed by atoms with Crippen LogP contribution in [0.4, 0.5) is 13.2 Å². The number of rotatable bonds is 6. The van der Waals surface area contributed by atoms with Gasteiger partial charge >= 0.3 is 0 Å². The smallest absolute Gasteiger partial charge is 0.274 e. The van der Waals surface area contributed by atoms with Crippen molar-refractivity contribution in [2.45, 2.75) is 25.8 Å². The van der Waals surface area contributed by atoms with E-state index in [4.69, 9.17) is 39.6 Å². The molecule has 1 amide bonds. The van der Waals surface area contributed by atoms with Crippen LogP contribution in [0.25, 0.3) is 0 Å². The van der Waals surface area contributed by atoms with Gasteiger partial charge in [0.15, 0.2) is 0 Å². The Labute approximate surface area is 168 Å². The SMILES string of the molecule is CON(C(=O)c1c(C(F)F)nn(C)c1F)[C@@H](C)Cc1c(Cl)cc(Cl)cc1Cl. The van der Waals surface area contributed by atoms with Crippen LogP contribution in [0.1, 0.15) is 35.0 Å². The highest BCUT2D eigenvalue weighted by Gasteiger charge is 2.34. The lowest BCUT2D eigenvalue weighted by Crippen LogP contribution is -2.39. The van der Waals surface area contributed by atoms with Gasteiger partial charge < -0.3 is 0 Å². The predicted molar refractivity (Wildman–Crippen MR) is 95.9 cm³/mol. The molecule has 0 radical (unpaired) electrons. The Morgan fingerprint density at radius 2 is 1.85 bits per heavy atom. The van der Waals surface area contributed by atoms with Gasteiger partial charge in [0.2, 0.25) is 5.95 Å². The first-order chi connectivity index (χ1) is 12.6. The fraction of sp³-hybridized carbons (Fsp3) is 0.375. The van der Waals surface area contributed by atoms with Crippen LogP contribution in [-0.4, -0.2) is 33.9 Å². The fourth-order valence-corrected chi connectivity index (χ4v) is 3.56. The van der Waals surface area contributed by atoms with Crippen LogP contribution in [0, 0.1) is 5.95 Å². The molecule has 0 spiro atoms. The minimum atomic E-state index is -3.13. The molecule has 0 saturated heterocycles. The number of benzene rings is 1. The van der Waals surface area contributed by atoms with Gasteiger partial charge in [-0.2, -0.15) is 9.49 Å². The fourth-order valence-electron chi connectivity index (χ4n) is 2.59. The number of aromatic nitrogens is 2. The summed E-state index contributed by atoms with van der Waals surface area (Å²) in [6, 6.07) is 2.24. The van der Waals surface area contributed by atoms with Crippen molar-refractivity contribution in [3.8, 4) is 0 Å². The van der Waals surface area contributed by atoms with Crippen LogP contribution < -0.4 is 0 Å². The summed E-state index contributed by atoms with van der Waals surface area (Å²) in [5.74, 6) is -2.28. The summed E-state index contributed by atoms with van der Waals surface area (Å²) in [5, 5.41) is 5.00. The minimum absolute atomic E-state index is 0.111. The third-order valence-corrected chi connectivity index (χ3v) is 4.72. The number of amides is 1. The number of alkyl halides is 2. The topological polar surface area (TPSA) is 47.4 Å². The second-order valence-electron chi connectivity index (χ2n) is 5.69. The molecule has 0 aliphatic heterocycles. The van der Waals surface area contributed by atoms with Crippen LogP contribution in [0.15, 0.2) is 12.1 Å². The van der Waals surface area contributed by atoms with Gasteiger partial charge in [-0.05, 0) is 31.0 Å². The number of aryl methyl sites for hydroxylation is 1. The lowest BCUT2D eigenvalue weighted by Gasteiger charge is -2.27. The molecule has 27 heavy (non-hydrogen) atoms. The first-order valence-corrected chi connectivity index (χ1v) is 8.73. The van der Waals surface area contributed by atoms with Gasteiger partial charge in [-0.1, -0.05) is 34.8 Å². The van der Waals surface area contributed by atoms with E-state index in [1.807, 2.05) is 0 Å². The highest BCUT2D eigenvalue weighted by atomic mass is 35.5. The molecule has 0 N–H and O–H groups in total. The summed E-state index contributed by atoms with van der Waals surface area (Å²) in [7, 11) is 2.28. The second kappa shape index (κ2) is 8.68. The highest BCUT2D eigenvalue weighted by molar-refractivity contribution is 6.39. The quantitative estimate of drug-likeness (QED) is 0.583. The first kappa shape index (κ1) is 21.8. The highest BCUT2D eigenvalue weighted by Crippen LogP contribution is 2.31. The van der Waals surface area contributed by atoms with Gasteiger partial charge in [0, 0.05) is 22.1 Å². The van der Waals surface area contributed by atoms with Crippen molar-refractivity contribution in [2.24, 2.45) is 7.05 Å². The molecular weight excluding hydrogens is 430 g/mol. The molecule has 0 bridgehead atoms. The summed E-state index contributed by atoms with van der Waals surface area (Å²) in [6.07, 6.45) is -3.02. The van der Waals surface area contributed by atoms with E-state index in [2.05, 4.69) is 5.10 Å². The summed E-state index contributed by atoms with van der Waals surface area (Å²) in [4.78, 5) is 17.7. The Morgan fingerprint density at radius 3 is 2.33 bits per heavy atom. The Morgan fingerprint density at radius 1 is 1.30 bits per heavy atom. The number of hydrogen-bond acceptors (Lipinski definition) is 3. The molecule has 2 rings (SSSR count). The zero-order valence-electron chi connectivity index (χ0n) is 14.4. The molecule has 11 heteroatoms. The Balaban J connectivity index is 2.36. The Hall–Kier alpha value is -1.48. The van der Waals surface area contributed by atoms with Crippen LogP contribution in [0.3, 0.4) is 0 Å². The Bertz CT molecular complexity index is 838. The number of hydroxylamine groups is 2. The third-order valence-electron chi connectivity index (χ3n) is 3.83. The van der Waals surface area contributed by atoms with E-state index in [1.165, 1.54) is 12.1 Å². The van der Waals surface area contributed by atoms with Gasteiger partial charge in [0.1, 0.15) is 11.3 Å². The predicted octanol–water partition coefficient (Wildman–Crippen LogP) is 5.09. The van der Waals surface area contributed by atoms with Crippen molar-refractivity contribution in [3.63, 3.8) is 0 Å². The van der Waals surface area contributed by atoms with E-state index in [0.29, 0.717) is 15.3 Å². The van der Waals surface area contributed by atoms with E-state index < -0.39 is 35.6 Å². The maximum Gasteiger partial charge on any atom is 0.284 e. The molecular formula is C16H15Cl3F3N3O2. The molecule has 2 aromatic rings. The summed E-state index contributed by atoms with van der Waals surface area (Å²) >= 11 is 18.1. The maximum atomic E-state index is 14.2. The average Bonchev–Trinajstić information content (AvgIpc) is 2.87. The molecule has 5 nitrogen and oxygen atoms in total. The summed E-state index contributed by atoms with van der Waals surface area (Å²) in [6.45, 7) is 1.57. The van der Waals surface area contributed by atoms with Crippen molar-refractivity contribution < 1.29 is 22.8 Å². The molecule has 1 aromatic carbocycles. The van der Waals surface area contributed by atoms with E-state index in [9.17, 15) is 18.0 Å². The number of carbonyl (C=O) groups is 1. The molecule has 0 unspecified atom stereocenters. The van der Waals surface area contributed by atoms with Gasteiger partial charge in [-0.3, -0.25) is 9.63 Å². The maximum absolute atomic E-state index is 14.2. The average molecular weight is 445 g/mol. The second-order valence-corrected chi connectivity index (χ2v) is 6.94. The lowest BCUT2D eigenvalue weighted by atomic mass is 10.1. The van der Waals surface area contributed by atoms with Gasteiger partial charge in [-0.25, -0.2) is 18.5 Å². The lowest BCUT2D eigenvalue weighted by molar-refractivity contribution is -0.119. The van der Waals surface area contributed by atoms with E-state index >= 15 is 0 Å². The van der Waals surface area contributed by atoms with Gasteiger partial charge in [-0.15, -0.1) is 0 Å². The van der Waals surface area contributed by atoms with Crippen molar-refractivity contribution in [2.75, 3.05) is 7.11 Å². The molecule has 0 aliphatic carbocycles. The zero-order valence-corrected chi connectivity index (χ0v) is 16.7. The monoisotopic (exact) mass is 443 g/mol. The van der Waals surface area contributed by atoms with E-state index in [0.717, 1.165) is 19.2 Å². The van der Waals surface area contributed by atoms with Crippen LogP contribution in [-0.2, 0) is 18.3 Å². The number of nitrogens with zero attached hydrogens (tertiary/aromatic N) is 3. The molecule has 0 aliphatic rings. The minimum Gasteiger partial charge on any atom is -0.274 e.